The fraction of sp³-hybridized carbons (Fsp3) is 0.524. The van der Waals surface area contributed by atoms with Crippen LogP contribution in [0.5, 0.6) is 5.88 Å². The maximum absolute atomic E-state index is 6.01. The van der Waals surface area contributed by atoms with Crippen LogP contribution in [0.3, 0.4) is 0 Å². The Hall–Kier alpha value is -2.70. The average Bonchev–Trinajstić information content (AvgIpc) is 3.45. The Morgan fingerprint density at radius 2 is 1.75 bits per heavy atom. The molecule has 0 unspecified atom stereocenters. The van der Waals surface area contributed by atoms with Crippen LogP contribution in [0.1, 0.15) is 48.7 Å². The van der Waals surface area contributed by atoms with Crippen molar-refractivity contribution in [1.82, 2.24) is 24.6 Å². The van der Waals surface area contributed by atoms with Crippen molar-refractivity contribution in [2.45, 2.75) is 45.4 Å². The molecule has 4 heterocycles. The van der Waals surface area contributed by atoms with E-state index in [1.165, 1.54) is 12.8 Å². The Morgan fingerprint density at radius 3 is 2.46 bits per heavy atom. The van der Waals surface area contributed by atoms with Crippen LogP contribution >= 0.6 is 0 Å². The lowest BCUT2D eigenvalue weighted by atomic mass is 9.98. The largest absolute Gasteiger partial charge is 0.476 e. The van der Waals surface area contributed by atoms with E-state index < -0.39 is 0 Å². The normalized spacial score (nSPS) is 18.0. The molecule has 0 aromatic carbocycles. The summed E-state index contributed by atoms with van der Waals surface area (Å²) in [6, 6.07) is 5.94. The second kappa shape index (κ2) is 7.04. The van der Waals surface area contributed by atoms with Crippen molar-refractivity contribution in [3.05, 3.63) is 41.5 Å². The highest BCUT2D eigenvalue weighted by molar-refractivity contribution is 5.41. The molecule has 0 N–H and O–H groups in total. The smallest absolute Gasteiger partial charge is 0.231 e. The van der Waals surface area contributed by atoms with Crippen LogP contribution in [0.4, 0.5) is 5.95 Å². The van der Waals surface area contributed by atoms with Gasteiger partial charge in [0.05, 0.1) is 18.5 Å². The molecule has 28 heavy (non-hydrogen) atoms. The number of ether oxygens (including phenoxy) is 1. The van der Waals surface area contributed by atoms with Crippen LogP contribution in [-0.2, 0) is 0 Å². The van der Waals surface area contributed by atoms with E-state index in [-0.39, 0.29) is 0 Å². The quantitative estimate of drug-likeness (QED) is 0.678. The zero-order valence-electron chi connectivity index (χ0n) is 16.5. The molecule has 0 bridgehead atoms. The molecule has 0 atom stereocenters. The molecular formula is C21H26N6O. The maximum Gasteiger partial charge on any atom is 0.231 e. The van der Waals surface area contributed by atoms with Crippen LogP contribution < -0.4 is 9.64 Å². The first-order valence-electron chi connectivity index (χ1n) is 10.2. The van der Waals surface area contributed by atoms with Crippen molar-refractivity contribution >= 4 is 11.6 Å². The molecule has 1 aliphatic carbocycles. The maximum atomic E-state index is 6.01. The van der Waals surface area contributed by atoms with Crippen molar-refractivity contribution in [2.75, 3.05) is 24.6 Å². The highest BCUT2D eigenvalue weighted by atomic mass is 16.5. The number of piperidine rings is 1. The zero-order chi connectivity index (χ0) is 19.1. The predicted molar refractivity (Wildman–Crippen MR) is 107 cm³/mol. The molecule has 7 heteroatoms. The van der Waals surface area contributed by atoms with E-state index in [4.69, 9.17) is 4.74 Å². The van der Waals surface area contributed by atoms with Gasteiger partial charge in [-0.1, -0.05) is 0 Å². The molecule has 1 saturated carbocycles. The molecule has 0 radical (unpaired) electrons. The first kappa shape index (κ1) is 17.4. The summed E-state index contributed by atoms with van der Waals surface area (Å²) in [5, 5.41) is 4.57. The Kier molecular flexibility index (Phi) is 4.37. The van der Waals surface area contributed by atoms with Crippen molar-refractivity contribution in [3.8, 4) is 5.88 Å². The van der Waals surface area contributed by atoms with Crippen molar-refractivity contribution < 1.29 is 4.74 Å². The lowest BCUT2D eigenvalue weighted by Crippen LogP contribution is -2.36. The van der Waals surface area contributed by atoms with Gasteiger partial charge in [0.15, 0.2) is 5.65 Å². The number of hydrogen-bond acceptors (Lipinski definition) is 6. The third-order valence-electron chi connectivity index (χ3n) is 5.64. The predicted octanol–water partition coefficient (Wildman–Crippen LogP) is 3.31. The second-order valence-electron chi connectivity index (χ2n) is 8.11. The van der Waals surface area contributed by atoms with Crippen LogP contribution in [0.15, 0.2) is 24.4 Å². The fourth-order valence-corrected chi connectivity index (χ4v) is 3.89. The molecule has 1 aliphatic heterocycles. The summed E-state index contributed by atoms with van der Waals surface area (Å²) in [7, 11) is 0. The molecule has 1 saturated heterocycles. The molecule has 7 nitrogen and oxygen atoms in total. The molecule has 2 fully saturated rings. The number of aromatic nitrogens is 5. The van der Waals surface area contributed by atoms with E-state index in [0.29, 0.717) is 24.3 Å². The minimum Gasteiger partial charge on any atom is -0.476 e. The summed E-state index contributed by atoms with van der Waals surface area (Å²) in [5.74, 6) is 2.70. The van der Waals surface area contributed by atoms with Crippen LogP contribution in [0.25, 0.3) is 5.65 Å². The van der Waals surface area contributed by atoms with E-state index in [9.17, 15) is 0 Å². The highest BCUT2D eigenvalue weighted by Gasteiger charge is 2.26. The summed E-state index contributed by atoms with van der Waals surface area (Å²) < 4.78 is 7.86. The van der Waals surface area contributed by atoms with Crippen molar-refractivity contribution in [2.24, 2.45) is 5.92 Å². The number of imidazole rings is 1. The minimum atomic E-state index is 0.532. The summed E-state index contributed by atoms with van der Waals surface area (Å²) in [6.07, 6.45) is 6.70. The molecule has 3 aromatic heterocycles. The summed E-state index contributed by atoms with van der Waals surface area (Å²) in [4.78, 5) is 16.1. The lowest BCUT2D eigenvalue weighted by molar-refractivity contribution is 0.213. The van der Waals surface area contributed by atoms with Crippen LogP contribution in [0, 0.1) is 19.8 Å². The van der Waals surface area contributed by atoms with Gasteiger partial charge in [-0.25, -0.2) is 19.5 Å². The number of anilines is 1. The van der Waals surface area contributed by atoms with Gasteiger partial charge in [0.2, 0.25) is 11.8 Å². The second-order valence-corrected chi connectivity index (χ2v) is 8.11. The SMILES string of the molecule is Cc1cc(C)nc(N2CCC(COc3ccc4nc(C5CC5)cn4n3)CC2)n1. The number of rotatable bonds is 5. The van der Waals surface area contributed by atoms with Crippen molar-refractivity contribution in [3.63, 3.8) is 0 Å². The van der Waals surface area contributed by atoms with E-state index in [1.807, 2.05) is 42.8 Å². The number of nitrogens with zero attached hydrogens (tertiary/aromatic N) is 6. The van der Waals surface area contributed by atoms with Gasteiger partial charge in [-0.05, 0) is 57.6 Å². The average molecular weight is 378 g/mol. The number of aryl methyl sites for hydroxylation is 2. The van der Waals surface area contributed by atoms with Gasteiger partial charge >= 0.3 is 0 Å². The molecule has 0 spiro atoms. The van der Waals surface area contributed by atoms with Gasteiger partial charge in [0, 0.05) is 36.5 Å². The molecule has 0 amide bonds. The Balaban J connectivity index is 1.17. The molecule has 2 aliphatic rings. The summed E-state index contributed by atoms with van der Waals surface area (Å²) in [5.41, 5.74) is 4.11. The van der Waals surface area contributed by atoms with Gasteiger partial charge in [-0.3, -0.25) is 0 Å². The third-order valence-corrected chi connectivity index (χ3v) is 5.64. The van der Waals surface area contributed by atoms with Gasteiger partial charge in [-0.2, -0.15) is 0 Å². The first-order valence-corrected chi connectivity index (χ1v) is 10.2. The lowest BCUT2D eigenvalue weighted by Gasteiger charge is -2.32. The minimum absolute atomic E-state index is 0.532. The molecule has 3 aromatic rings. The van der Waals surface area contributed by atoms with Gasteiger partial charge < -0.3 is 9.64 Å². The van der Waals surface area contributed by atoms with Crippen molar-refractivity contribution in [1.29, 1.82) is 0 Å². The van der Waals surface area contributed by atoms with Gasteiger partial charge in [0.1, 0.15) is 0 Å². The number of hydrogen-bond donors (Lipinski definition) is 0. The standard InChI is InChI=1S/C21H26N6O/c1-14-11-15(2)23-21(22-14)26-9-7-16(8-10-26)13-28-20-6-5-19-24-18(17-3-4-17)12-27(19)25-20/h5-6,11-12,16-17H,3-4,7-10,13H2,1-2H3. The van der Waals surface area contributed by atoms with E-state index in [1.54, 1.807) is 0 Å². The highest BCUT2D eigenvalue weighted by Crippen LogP contribution is 2.39. The topological polar surface area (TPSA) is 68.4 Å². The third kappa shape index (κ3) is 3.66. The van der Waals surface area contributed by atoms with Crippen LogP contribution in [0.2, 0.25) is 0 Å². The Morgan fingerprint density at radius 1 is 1.00 bits per heavy atom. The monoisotopic (exact) mass is 378 g/mol. The fourth-order valence-electron chi connectivity index (χ4n) is 3.89. The zero-order valence-corrected chi connectivity index (χ0v) is 16.5. The van der Waals surface area contributed by atoms with E-state index in [2.05, 4.69) is 25.0 Å². The molecule has 5 rings (SSSR count). The molecular weight excluding hydrogens is 352 g/mol. The Bertz CT molecular complexity index is 967. The number of fused-ring (bicyclic) bond motifs is 1. The first-order chi connectivity index (χ1) is 13.6. The summed E-state index contributed by atoms with van der Waals surface area (Å²) >= 11 is 0. The Labute approximate surface area is 164 Å². The van der Waals surface area contributed by atoms with Gasteiger partial charge in [0.25, 0.3) is 0 Å². The van der Waals surface area contributed by atoms with E-state index >= 15 is 0 Å². The van der Waals surface area contributed by atoms with E-state index in [0.717, 1.165) is 54.6 Å². The van der Waals surface area contributed by atoms with Gasteiger partial charge in [-0.15, -0.1) is 5.10 Å². The van der Waals surface area contributed by atoms with Crippen LogP contribution in [-0.4, -0.2) is 44.3 Å². The summed E-state index contributed by atoms with van der Waals surface area (Å²) in [6.45, 7) is 6.68. The molecule has 146 valence electrons.